The zero-order valence-corrected chi connectivity index (χ0v) is 14.9. The number of hydrogen-bond donors (Lipinski definition) is 1. The first-order valence-electron chi connectivity index (χ1n) is 7.33. The number of carbonyl (C=O) groups is 1. The molecule has 0 saturated carbocycles. The molecule has 0 fully saturated rings. The van der Waals surface area contributed by atoms with Crippen LogP contribution in [0.3, 0.4) is 0 Å². The van der Waals surface area contributed by atoms with Gasteiger partial charge in [-0.2, -0.15) is 0 Å². The number of para-hydroxylation sites is 2. The fourth-order valence-electron chi connectivity index (χ4n) is 2.43. The number of alkyl halides is 1. The van der Waals surface area contributed by atoms with Gasteiger partial charge in [0, 0.05) is 18.0 Å². The van der Waals surface area contributed by atoms with Crippen LogP contribution in [0, 0.1) is 0 Å². The standard InChI is InChI=1S/C17H14Cl3N3O/c18-7-8-21-17-22-14-3-1-2-4-15(14)23(17)10-16(24)11-5-6-12(19)13(20)9-11/h1-6,9H,7-8,10H2,(H,21,22). The highest BCUT2D eigenvalue weighted by Gasteiger charge is 2.15. The van der Waals surface area contributed by atoms with E-state index >= 15 is 0 Å². The lowest BCUT2D eigenvalue weighted by atomic mass is 10.1. The molecule has 2 aromatic carbocycles. The number of nitrogens with zero attached hydrogens (tertiary/aromatic N) is 2. The van der Waals surface area contributed by atoms with E-state index in [1.807, 2.05) is 28.8 Å². The number of hydrogen-bond acceptors (Lipinski definition) is 3. The van der Waals surface area contributed by atoms with Crippen LogP contribution in [0.2, 0.25) is 10.0 Å². The lowest BCUT2D eigenvalue weighted by molar-refractivity contribution is 0.0974. The summed E-state index contributed by atoms with van der Waals surface area (Å²) in [6, 6.07) is 12.5. The Hall–Kier alpha value is -1.75. The second-order valence-electron chi connectivity index (χ2n) is 5.18. The van der Waals surface area contributed by atoms with Crippen LogP contribution < -0.4 is 5.32 Å². The molecule has 1 heterocycles. The molecule has 0 amide bonds. The Morgan fingerprint density at radius 1 is 1.12 bits per heavy atom. The predicted molar refractivity (Wildman–Crippen MR) is 99.7 cm³/mol. The van der Waals surface area contributed by atoms with Crippen molar-refractivity contribution < 1.29 is 4.79 Å². The number of ketones is 1. The molecule has 0 radical (unpaired) electrons. The summed E-state index contributed by atoms with van der Waals surface area (Å²) in [4.78, 5) is 17.2. The van der Waals surface area contributed by atoms with E-state index in [1.54, 1.807) is 18.2 Å². The number of fused-ring (bicyclic) bond motifs is 1. The molecule has 0 saturated heterocycles. The Labute approximate surface area is 154 Å². The van der Waals surface area contributed by atoms with E-state index in [0.717, 1.165) is 11.0 Å². The Balaban J connectivity index is 1.95. The first-order chi connectivity index (χ1) is 11.6. The third-order valence-electron chi connectivity index (χ3n) is 3.58. The van der Waals surface area contributed by atoms with Gasteiger partial charge in [-0.1, -0.05) is 35.3 Å². The number of benzene rings is 2. The van der Waals surface area contributed by atoms with E-state index in [4.69, 9.17) is 34.8 Å². The van der Waals surface area contributed by atoms with Gasteiger partial charge in [-0.15, -0.1) is 11.6 Å². The third kappa shape index (κ3) is 3.51. The van der Waals surface area contributed by atoms with Crippen molar-refractivity contribution in [1.82, 2.24) is 9.55 Å². The zero-order valence-electron chi connectivity index (χ0n) is 12.6. The quantitative estimate of drug-likeness (QED) is 0.488. The highest BCUT2D eigenvalue weighted by molar-refractivity contribution is 6.42. The third-order valence-corrected chi connectivity index (χ3v) is 4.50. The maximum Gasteiger partial charge on any atom is 0.204 e. The number of aromatic nitrogens is 2. The molecule has 24 heavy (non-hydrogen) atoms. The van der Waals surface area contributed by atoms with Crippen molar-refractivity contribution >= 4 is 57.6 Å². The number of anilines is 1. The van der Waals surface area contributed by atoms with E-state index in [1.165, 1.54) is 0 Å². The van der Waals surface area contributed by atoms with Crippen molar-refractivity contribution in [1.29, 1.82) is 0 Å². The van der Waals surface area contributed by atoms with Gasteiger partial charge < -0.3 is 9.88 Å². The largest absolute Gasteiger partial charge is 0.354 e. The van der Waals surface area contributed by atoms with Crippen LogP contribution in [0.1, 0.15) is 10.4 Å². The number of carbonyl (C=O) groups excluding carboxylic acids is 1. The maximum absolute atomic E-state index is 12.6. The van der Waals surface area contributed by atoms with Gasteiger partial charge in [0.2, 0.25) is 5.95 Å². The SMILES string of the molecule is O=C(Cn1c(NCCCl)nc2ccccc21)c1ccc(Cl)c(Cl)c1. The second kappa shape index (κ2) is 7.43. The molecule has 0 aliphatic carbocycles. The molecule has 0 unspecified atom stereocenters. The highest BCUT2D eigenvalue weighted by Crippen LogP contribution is 2.24. The van der Waals surface area contributed by atoms with Crippen LogP contribution >= 0.6 is 34.8 Å². The number of imidazole rings is 1. The van der Waals surface area contributed by atoms with Crippen LogP contribution in [-0.4, -0.2) is 27.8 Å². The van der Waals surface area contributed by atoms with Crippen molar-refractivity contribution in [3.05, 3.63) is 58.1 Å². The van der Waals surface area contributed by atoms with Gasteiger partial charge in [-0.05, 0) is 30.3 Å². The fourth-order valence-corrected chi connectivity index (χ4v) is 2.83. The molecular weight excluding hydrogens is 369 g/mol. The molecule has 0 aliphatic heterocycles. The summed E-state index contributed by atoms with van der Waals surface area (Å²) in [6.45, 7) is 0.703. The van der Waals surface area contributed by atoms with Crippen LogP contribution in [-0.2, 0) is 6.54 Å². The van der Waals surface area contributed by atoms with Gasteiger partial charge in [-0.3, -0.25) is 4.79 Å². The van der Waals surface area contributed by atoms with Gasteiger partial charge in [0.25, 0.3) is 0 Å². The van der Waals surface area contributed by atoms with Gasteiger partial charge in [0.15, 0.2) is 5.78 Å². The van der Waals surface area contributed by atoms with Crippen molar-refractivity contribution in [3.63, 3.8) is 0 Å². The van der Waals surface area contributed by atoms with Crippen LogP contribution in [0.15, 0.2) is 42.5 Å². The average molecular weight is 383 g/mol. The number of Topliss-reactive ketones (excluding diaryl/α,β-unsaturated/α-hetero) is 1. The number of rotatable bonds is 6. The fraction of sp³-hybridized carbons (Fsp3) is 0.176. The topological polar surface area (TPSA) is 46.9 Å². The molecule has 4 nitrogen and oxygen atoms in total. The van der Waals surface area contributed by atoms with Crippen LogP contribution in [0.5, 0.6) is 0 Å². The van der Waals surface area contributed by atoms with Gasteiger partial charge in [0.1, 0.15) is 0 Å². The van der Waals surface area contributed by atoms with E-state index in [-0.39, 0.29) is 12.3 Å². The summed E-state index contributed by atoms with van der Waals surface area (Å²) >= 11 is 17.7. The minimum absolute atomic E-state index is 0.0781. The number of nitrogens with one attached hydrogen (secondary N) is 1. The second-order valence-corrected chi connectivity index (χ2v) is 6.37. The molecule has 0 bridgehead atoms. The lowest BCUT2D eigenvalue weighted by Crippen LogP contribution is -2.15. The first-order valence-corrected chi connectivity index (χ1v) is 8.62. The normalized spacial score (nSPS) is 11.0. The van der Waals surface area contributed by atoms with Gasteiger partial charge in [0.05, 0.1) is 27.6 Å². The van der Waals surface area contributed by atoms with Crippen LogP contribution in [0.4, 0.5) is 5.95 Å². The van der Waals surface area contributed by atoms with Crippen molar-refractivity contribution in [2.24, 2.45) is 0 Å². The molecule has 124 valence electrons. The monoisotopic (exact) mass is 381 g/mol. The predicted octanol–water partition coefficient (Wildman–Crippen LogP) is 4.88. The van der Waals surface area contributed by atoms with E-state index in [0.29, 0.717) is 34.0 Å². The van der Waals surface area contributed by atoms with E-state index in [2.05, 4.69) is 10.3 Å². The Bertz CT molecular complexity index is 892. The molecule has 1 aromatic heterocycles. The average Bonchev–Trinajstić information content (AvgIpc) is 2.93. The summed E-state index contributed by atoms with van der Waals surface area (Å²) in [5, 5.41) is 3.93. The summed E-state index contributed by atoms with van der Waals surface area (Å²) in [6.07, 6.45) is 0. The zero-order chi connectivity index (χ0) is 17.1. The lowest BCUT2D eigenvalue weighted by Gasteiger charge is -2.10. The van der Waals surface area contributed by atoms with Crippen molar-refractivity contribution in [3.8, 4) is 0 Å². The minimum Gasteiger partial charge on any atom is -0.354 e. The van der Waals surface area contributed by atoms with E-state index in [9.17, 15) is 4.79 Å². The number of halogens is 3. The summed E-state index contributed by atoms with van der Waals surface area (Å²) in [5.74, 6) is 0.986. The molecular formula is C17H14Cl3N3O. The molecule has 3 rings (SSSR count). The Kier molecular flexibility index (Phi) is 5.29. The molecule has 0 aliphatic rings. The first kappa shape index (κ1) is 17.1. The highest BCUT2D eigenvalue weighted by atomic mass is 35.5. The molecule has 0 spiro atoms. The smallest absolute Gasteiger partial charge is 0.204 e. The Morgan fingerprint density at radius 2 is 1.92 bits per heavy atom. The maximum atomic E-state index is 12.6. The van der Waals surface area contributed by atoms with Crippen LogP contribution in [0.25, 0.3) is 11.0 Å². The van der Waals surface area contributed by atoms with Crippen molar-refractivity contribution in [2.75, 3.05) is 17.7 Å². The molecule has 7 heteroatoms. The molecule has 1 N–H and O–H groups in total. The molecule has 0 atom stereocenters. The van der Waals surface area contributed by atoms with E-state index < -0.39 is 0 Å². The summed E-state index contributed by atoms with van der Waals surface area (Å²) < 4.78 is 1.84. The summed E-state index contributed by atoms with van der Waals surface area (Å²) in [5.41, 5.74) is 2.20. The Morgan fingerprint density at radius 3 is 2.67 bits per heavy atom. The van der Waals surface area contributed by atoms with Crippen molar-refractivity contribution in [2.45, 2.75) is 6.54 Å². The summed E-state index contributed by atoms with van der Waals surface area (Å²) in [7, 11) is 0. The van der Waals surface area contributed by atoms with Gasteiger partial charge in [-0.25, -0.2) is 4.98 Å². The van der Waals surface area contributed by atoms with Gasteiger partial charge >= 0.3 is 0 Å². The molecule has 3 aromatic rings. The minimum atomic E-state index is -0.0781.